The smallest absolute Gasteiger partial charge is 0.126 e. The molecular formula is C15H15ClN4. The Balaban J connectivity index is 1.96. The van der Waals surface area contributed by atoms with Crippen molar-refractivity contribution < 1.29 is 0 Å². The van der Waals surface area contributed by atoms with Crippen LogP contribution in [0, 0.1) is 0 Å². The standard InChI is InChI=1S/C15H15ClN4/c1-2-17-15-8-7-11(16)13(19-15)9-20-10-18-12-5-3-4-6-14(12)20/h3-8,10H,2,9H2,1H3,(H,17,19). The molecule has 0 aliphatic rings. The maximum absolute atomic E-state index is 6.24. The first-order chi connectivity index (χ1) is 9.78. The summed E-state index contributed by atoms with van der Waals surface area (Å²) in [4.78, 5) is 8.93. The fraction of sp³-hybridized carbons (Fsp3) is 0.200. The van der Waals surface area contributed by atoms with Gasteiger partial charge in [-0.3, -0.25) is 0 Å². The molecule has 3 rings (SSSR count). The molecular weight excluding hydrogens is 272 g/mol. The first-order valence-electron chi connectivity index (χ1n) is 6.57. The van der Waals surface area contributed by atoms with Crippen LogP contribution in [0.15, 0.2) is 42.7 Å². The van der Waals surface area contributed by atoms with E-state index in [1.54, 1.807) is 0 Å². The Morgan fingerprint density at radius 2 is 2.05 bits per heavy atom. The van der Waals surface area contributed by atoms with Gasteiger partial charge in [-0.15, -0.1) is 0 Å². The number of nitrogens with zero attached hydrogens (tertiary/aromatic N) is 3. The van der Waals surface area contributed by atoms with Crippen molar-refractivity contribution in [2.75, 3.05) is 11.9 Å². The molecule has 0 saturated carbocycles. The van der Waals surface area contributed by atoms with Crippen LogP contribution in [0.25, 0.3) is 11.0 Å². The average molecular weight is 287 g/mol. The first-order valence-corrected chi connectivity index (χ1v) is 6.95. The van der Waals surface area contributed by atoms with Gasteiger partial charge in [-0.2, -0.15) is 0 Å². The molecule has 0 unspecified atom stereocenters. The Hall–Kier alpha value is -2.07. The molecule has 3 aromatic rings. The molecule has 0 spiro atoms. The first kappa shape index (κ1) is 12.9. The van der Waals surface area contributed by atoms with Crippen molar-refractivity contribution in [3.05, 3.63) is 53.4 Å². The molecule has 0 fully saturated rings. The number of imidazole rings is 1. The highest BCUT2D eigenvalue weighted by atomic mass is 35.5. The molecule has 0 saturated heterocycles. The van der Waals surface area contributed by atoms with Crippen molar-refractivity contribution in [1.29, 1.82) is 0 Å². The van der Waals surface area contributed by atoms with E-state index in [0.717, 1.165) is 29.1 Å². The molecule has 2 heterocycles. The fourth-order valence-corrected chi connectivity index (χ4v) is 2.34. The molecule has 102 valence electrons. The molecule has 1 N–H and O–H groups in total. The summed E-state index contributed by atoms with van der Waals surface area (Å²) in [6, 6.07) is 11.8. The molecule has 0 aliphatic heterocycles. The lowest BCUT2D eigenvalue weighted by Gasteiger charge is -2.09. The summed E-state index contributed by atoms with van der Waals surface area (Å²) in [6.45, 7) is 3.49. The summed E-state index contributed by atoms with van der Waals surface area (Å²) in [5, 5.41) is 3.87. The van der Waals surface area contributed by atoms with Gasteiger partial charge in [-0.25, -0.2) is 9.97 Å². The van der Waals surface area contributed by atoms with Crippen LogP contribution in [0.2, 0.25) is 5.02 Å². The molecule has 0 radical (unpaired) electrons. The maximum atomic E-state index is 6.24. The molecule has 5 heteroatoms. The lowest BCUT2D eigenvalue weighted by molar-refractivity contribution is 0.798. The number of hydrogen-bond donors (Lipinski definition) is 1. The number of pyridine rings is 1. The maximum Gasteiger partial charge on any atom is 0.126 e. The van der Waals surface area contributed by atoms with Gasteiger partial charge in [0.25, 0.3) is 0 Å². The predicted molar refractivity (Wildman–Crippen MR) is 82.2 cm³/mol. The van der Waals surface area contributed by atoms with E-state index in [0.29, 0.717) is 11.6 Å². The van der Waals surface area contributed by atoms with Crippen LogP contribution in [0.3, 0.4) is 0 Å². The SMILES string of the molecule is CCNc1ccc(Cl)c(Cn2cnc3ccccc32)n1. The van der Waals surface area contributed by atoms with Crippen molar-refractivity contribution in [3.63, 3.8) is 0 Å². The minimum Gasteiger partial charge on any atom is -0.370 e. The normalized spacial score (nSPS) is 10.9. The number of benzene rings is 1. The summed E-state index contributed by atoms with van der Waals surface area (Å²) in [5.41, 5.74) is 2.90. The summed E-state index contributed by atoms with van der Waals surface area (Å²) < 4.78 is 2.05. The average Bonchev–Trinajstić information content (AvgIpc) is 2.86. The van der Waals surface area contributed by atoms with Gasteiger partial charge in [0.1, 0.15) is 5.82 Å². The molecule has 1 aromatic carbocycles. The third-order valence-electron chi connectivity index (χ3n) is 3.12. The monoisotopic (exact) mass is 286 g/mol. The summed E-state index contributed by atoms with van der Waals surface area (Å²) in [5.74, 6) is 0.844. The number of fused-ring (bicyclic) bond motifs is 1. The molecule has 0 atom stereocenters. The minimum absolute atomic E-state index is 0.610. The summed E-state index contributed by atoms with van der Waals surface area (Å²) in [6.07, 6.45) is 1.82. The Labute approximate surface area is 122 Å². The number of nitrogens with one attached hydrogen (secondary N) is 1. The number of rotatable bonds is 4. The Kier molecular flexibility index (Phi) is 3.56. The topological polar surface area (TPSA) is 42.7 Å². The molecule has 0 bridgehead atoms. The number of aromatic nitrogens is 3. The minimum atomic E-state index is 0.610. The molecule has 4 nitrogen and oxygen atoms in total. The number of halogens is 1. The Bertz CT molecular complexity index is 736. The molecule has 0 aliphatic carbocycles. The second-order valence-electron chi connectivity index (χ2n) is 4.52. The van der Waals surface area contributed by atoms with Crippen molar-refractivity contribution in [3.8, 4) is 0 Å². The second-order valence-corrected chi connectivity index (χ2v) is 4.92. The highest BCUT2D eigenvalue weighted by molar-refractivity contribution is 6.31. The van der Waals surface area contributed by atoms with E-state index in [-0.39, 0.29) is 0 Å². The molecule has 0 amide bonds. The van der Waals surface area contributed by atoms with Crippen LogP contribution in [-0.2, 0) is 6.54 Å². The van der Waals surface area contributed by atoms with E-state index < -0.39 is 0 Å². The fourth-order valence-electron chi connectivity index (χ4n) is 2.17. The third-order valence-corrected chi connectivity index (χ3v) is 3.47. The lowest BCUT2D eigenvalue weighted by atomic mass is 10.3. The van der Waals surface area contributed by atoms with Crippen LogP contribution < -0.4 is 5.32 Å². The van der Waals surface area contributed by atoms with Crippen LogP contribution in [-0.4, -0.2) is 21.1 Å². The van der Waals surface area contributed by atoms with E-state index in [4.69, 9.17) is 11.6 Å². The van der Waals surface area contributed by atoms with E-state index in [2.05, 4.69) is 19.9 Å². The highest BCUT2D eigenvalue weighted by Crippen LogP contribution is 2.20. The van der Waals surface area contributed by atoms with Crippen LogP contribution >= 0.6 is 11.6 Å². The van der Waals surface area contributed by atoms with Gasteiger partial charge in [-0.1, -0.05) is 23.7 Å². The molecule has 2 aromatic heterocycles. The van der Waals surface area contributed by atoms with Gasteiger partial charge in [0, 0.05) is 6.54 Å². The van der Waals surface area contributed by atoms with Gasteiger partial charge in [0.15, 0.2) is 0 Å². The van der Waals surface area contributed by atoms with E-state index >= 15 is 0 Å². The van der Waals surface area contributed by atoms with Crippen LogP contribution in [0.1, 0.15) is 12.6 Å². The molecule has 20 heavy (non-hydrogen) atoms. The second kappa shape index (κ2) is 5.51. The summed E-state index contributed by atoms with van der Waals surface area (Å²) in [7, 11) is 0. The lowest BCUT2D eigenvalue weighted by Crippen LogP contribution is -2.05. The quantitative estimate of drug-likeness (QED) is 0.797. The zero-order valence-corrected chi connectivity index (χ0v) is 11.9. The van der Waals surface area contributed by atoms with E-state index in [1.807, 2.05) is 49.6 Å². The zero-order valence-electron chi connectivity index (χ0n) is 11.2. The number of para-hydroxylation sites is 2. The van der Waals surface area contributed by atoms with Gasteiger partial charge < -0.3 is 9.88 Å². The van der Waals surface area contributed by atoms with Gasteiger partial charge in [0.2, 0.25) is 0 Å². The van der Waals surface area contributed by atoms with Crippen molar-refractivity contribution in [2.24, 2.45) is 0 Å². The van der Waals surface area contributed by atoms with Crippen molar-refractivity contribution in [1.82, 2.24) is 14.5 Å². The Morgan fingerprint density at radius 1 is 1.20 bits per heavy atom. The van der Waals surface area contributed by atoms with Crippen LogP contribution in [0.4, 0.5) is 5.82 Å². The zero-order chi connectivity index (χ0) is 13.9. The van der Waals surface area contributed by atoms with E-state index in [9.17, 15) is 0 Å². The largest absolute Gasteiger partial charge is 0.370 e. The highest BCUT2D eigenvalue weighted by Gasteiger charge is 2.07. The predicted octanol–water partition coefficient (Wildman–Crippen LogP) is 3.56. The van der Waals surface area contributed by atoms with Gasteiger partial charge >= 0.3 is 0 Å². The van der Waals surface area contributed by atoms with Crippen molar-refractivity contribution in [2.45, 2.75) is 13.5 Å². The summed E-state index contributed by atoms with van der Waals surface area (Å²) >= 11 is 6.24. The van der Waals surface area contributed by atoms with E-state index in [1.165, 1.54) is 0 Å². The number of hydrogen-bond acceptors (Lipinski definition) is 3. The van der Waals surface area contributed by atoms with Crippen LogP contribution in [0.5, 0.6) is 0 Å². The Morgan fingerprint density at radius 3 is 2.90 bits per heavy atom. The van der Waals surface area contributed by atoms with Crippen molar-refractivity contribution >= 4 is 28.5 Å². The van der Waals surface area contributed by atoms with Gasteiger partial charge in [0.05, 0.1) is 34.6 Å². The number of anilines is 1. The third kappa shape index (κ3) is 2.47. The van der Waals surface area contributed by atoms with Gasteiger partial charge in [-0.05, 0) is 31.2 Å².